The van der Waals surface area contributed by atoms with Gasteiger partial charge in [0.15, 0.2) is 5.78 Å². The minimum atomic E-state index is -0.639. The SMILES string of the molecule is CC1CP(c2ccccc2)C(c2ccccc2)(c2ccccc2)C1=CC(=O)c1ccccc1. The summed E-state index contributed by atoms with van der Waals surface area (Å²) in [5.74, 6) is 0.378. The number of carbonyl (C=O) groups excluding carboxylic acids is 1. The van der Waals surface area contributed by atoms with Gasteiger partial charge in [-0.05, 0) is 40.2 Å². The Morgan fingerprint density at radius 3 is 1.70 bits per heavy atom. The number of rotatable bonds is 5. The van der Waals surface area contributed by atoms with Crippen molar-refractivity contribution in [2.45, 2.75) is 12.1 Å². The van der Waals surface area contributed by atoms with Crippen LogP contribution in [0.25, 0.3) is 0 Å². The van der Waals surface area contributed by atoms with Crippen LogP contribution in [0.15, 0.2) is 133 Å². The van der Waals surface area contributed by atoms with Gasteiger partial charge in [-0.1, -0.05) is 136 Å². The van der Waals surface area contributed by atoms with E-state index in [0.29, 0.717) is 5.92 Å². The zero-order chi connectivity index (χ0) is 22.7. The molecule has 162 valence electrons. The number of hydrogen-bond acceptors (Lipinski definition) is 1. The van der Waals surface area contributed by atoms with Crippen molar-refractivity contribution in [3.63, 3.8) is 0 Å². The Bertz CT molecular complexity index is 1210. The van der Waals surface area contributed by atoms with E-state index in [1.807, 2.05) is 36.4 Å². The molecular formula is C31H27OP. The third-order valence-corrected chi connectivity index (χ3v) is 10.0. The van der Waals surface area contributed by atoms with Crippen molar-refractivity contribution in [2.24, 2.45) is 5.92 Å². The average molecular weight is 447 g/mol. The van der Waals surface area contributed by atoms with Crippen molar-refractivity contribution in [1.82, 2.24) is 0 Å². The molecule has 0 aliphatic carbocycles. The van der Waals surface area contributed by atoms with Gasteiger partial charge in [0.1, 0.15) is 0 Å². The Balaban J connectivity index is 1.80. The fourth-order valence-corrected chi connectivity index (χ4v) is 8.84. The number of benzene rings is 4. The lowest BCUT2D eigenvalue weighted by Crippen LogP contribution is -2.29. The highest BCUT2D eigenvalue weighted by Crippen LogP contribution is 2.70. The molecule has 0 saturated carbocycles. The molecule has 1 aliphatic rings. The van der Waals surface area contributed by atoms with E-state index in [4.69, 9.17) is 0 Å². The van der Waals surface area contributed by atoms with E-state index in [-0.39, 0.29) is 10.9 Å². The molecule has 1 heterocycles. The summed E-state index contributed by atoms with van der Waals surface area (Å²) in [6, 6.07) is 42.1. The van der Waals surface area contributed by atoms with Gasteiger partial charge in [0.2, 0.25) is 0 Å². The van der Waals surface area contributed by atoms with E-state index in [1.54, 1.807) is 0 Å². The van der Waals surface area contributed by atoms with Crippen LogP contribution in [-0.4, -0.2) is 11.9 Å². The molecule has 0 bridgehead atoms. The van der Waals surface area contributed by atoms with Gasteiger partial charge in [0, 0.05) is 5.56 Å². The molecule has 1 aliphatic heterocycles. The summed E-state index contributed by atoms with van der Waals surface area (Å²) in [6.07, 6.45) is 3.00. The first-order chi connectivity index (χ1) is 16.2. The summed E-state index contributed by atoms with van der Waals surface area (Å²) in [6.45, 7) is 2.29. The molecule has 2 heteroatoms. The molecule has 5 rings (SSSR count). The predicted molar refractivity (Wildman–Crippen MR) is 140 cm³/mol. The zero-order valence-corrected chi connectivity index (χ0v) is 19.7. The van der Waals surface area contributed by atoms with Gasteiger partial charge in [-0.25, -0.2) is 0 Å². The number of hydrogen-bond donors (Lipinski definition) is 0. The van der Waals surface area contributed by atoms with E-state index in [0.717, 1.165) is 11.7 Å². The lowest BCUT2D eigenvalue weighted by molar-refractivity contribution is 0.104. The summed E-state index contributed by atoms with van der Waals surface area (Å²) in [5, 5.41) is 1.03. The second-order valence-corrected chi connectivity index (χ2v) is 11.0. The van der Waals surface area contributed by atoms with E-state index >= 15 is 0 Å². The molecule has 2 unspecified atom stereocenters. The fourth-order valence-electron chi connectivity index (χ4n) is 5.17. The standard InChI is InChI=1S/C31H27OP/c1-24-23-33(28-20-12-5-13-21-28)31(26-16-8-3-9-17-26,27-18-10-4-11-19-27)29(24)22-30(32)25-14-6-2-7-15-25/h2-22,24H,23H2,1H3. The van der Waals surface area contributed by atoms with Crippen LogP contribution >= 0.6 is 7.92 Å². The molecule has 4 aromatic rings. The number of carbonyl (C=O) groups is 1. The van der Waals surface area contributed by atoms with Gasteiger partial charge in [-0.15, -0.1) is 0 Å². The Morgan fingerprint density at radius 2 is 1.18 bits per heavy atom. The minimum absolute atomic E-state index is 0.0820. The van der Waals surface area contributed by atoms with Crippen molar-refractivity contribution in [3.05, 3.63) is 150 Å². The van der Waals surface area contributed by atoms with Crippen molar-refractivity contribution in [3.8, 4) is 0 Å². The van der Waals surface area contributed by atoms with Crippen molar-refractivity contribution < 1.29 is 4.79 Å². The zero-order valence-electron chi connectivity index (χ0n) is 18.8. The average Bonchev–Trinajstić information content (AvgIpc) is 3.18. The van der Waals surface area contributed by atoms with Crippen LogP contribution in [0.4, 0.5) is 0 Å². The normalized spacial score (nSPS) is 20.6. The first-order valence-corrected chi connectivity index (χ1v) is 13.0. The second-order valence-electron chi connectivity index (χ2n) is 8.62. The van der Waals surface area contributed by atoms with E-state index in [1.165, 1.54) is 22.0 Å². The van der Waals surface area contributed by atoms with Crippen molar-refractivity contribution in [2.75, 3.05) is 6.16 Å². The third kappa shape index (κ3) is 3.88. The molecule has 0 spiro atoms. The van der Waals surface area contributed by atoms with Gasteiger partial charge < -0.3 is 0 Å². The van der Waals surface area contributed by atoms with Gasteiger partial charge in [0.05, 0.1) is 5.16 Å². The second kappa shape index (κ2) is 9.30. The van der Waals surface area contributed by atoms with E-state index in [2.05, 4.69) is 97.9 Å². The maximum absolute atomic E-state index is 13.5. The summed E-state index contributed by atoms with van der Waals surface area (Å²) in [7, 11) is -0.639. The van der Waals surface area contributed by atoms with E-state index in [9.17, 15) is 4.79 Å². The van der Waals surface area contributed by atoms with Crippen LogP contribution in [0.3, 0.4) is 0 Å². The van der Waals surface area contributed by atoms with Gasteiger partial charge in [0.25, 0.3) is 0 Å². The summed E-state index contributed by atoms with van der Waals surface area (Å²) >= 11 is 0. The highest BCUT2D eigenvalue weighted by Gasteiger charge is 2.52. The predicted octanol–water partition coefficient (Wildman–Crippen LogP) is 7.20. The highest BCUT2D eigenvalue weighted by molar-refractivity contribution is 7.67. The molecule has 33 heavy (non-hydrogen) atoms. The lowest BCUT2D eigenvalue weighted by Gasteiger charge is -2.39. The van der Waals surface area contributed by atoms with Crippen LogP contribution in [0.1, 0.15) is 28.4 Å². The van der Waals surface area contributed by atoms with Crippen LogP contribution in [-0.2, 0) is 5.16 Å². The van der Waals surface area contributed by atoms with Crippen LogP contribution in [0, 0.1) is 5.92 Å². The number of ketones is 1. The molecular weight excluding hydrogens is 419 g/mol. The van der Waals surface area contributed by atoms with Gasteiger partial charge >= 0.3 is 0 Å². The Labute approximate surface area is 197 Å². The smallest absolute Gasteiger partial charge is 0.185 e. The van der Waals surface area contributed by atoms with Crippen LogP contribution in [0.5, 0.6) is 0 Å². The van der Waals surface area contributed by atoms with Crippen LogP contribution < -0.4 is 5.30 Å². The monoisotopic (exact) mass is 446 g/mol. The fraction of sp³-hybridized carbons (Fsp3) is 0.129. The molecule has 1 saturated heterocycles. The quantitative estimate of drug-likeness (QED) is 0.180. The van der Waals surface area contributed by atoms with Crippen LogP contribution in [0.2, 0.25) is 0 Å². The van der Waals surface area contributed by atoms with Gasteiger partial charge in [-0.2, -0.15) is 0 Å². The largest absolute Gasteiger partial charge is 0.289 e. The molecule has 2 atom stereocenters. The minimum Gasteiger partial charge on any atom is -0.289 e. The molecule has 0 N–H and O–H groups in total. The maximum Gasteiger partial charge on any atom is 0.185 e. The first-order valence-electron chi connectivity index (χ1n) is 11.5. The Hall–Kier alpha value is -3.28. The number of allylic oxidation sites excluding steroid dienone is 2. The van der Waals surface area contributed by atoms with Crippen molar-refractivity contribution in [1.29, 1.82) is 0 Å². The summed E-state index contributed by atoms with van der Waals surface area (Å²) in [5.41, 5.74) is 4.50. The lowest BCUT2D eigenvalue weighted by atomic mass is 9.78. The highest BCUT2D eigenvalue weighted by atomic mass is 31.1. The first kappa shape index (κ1) is 21.6. The maximum atomic E-state index is 13.5. The topological polar surface area (TPSA) is 17.1 Å². The van der Waals surface area contributed by atoms with Crippen molar-refractivity contribution >= 4 is 19.0 Å². The molecule has 0 radical (unpaired) electrons. The van der Waals surface area contributed by atoms with E-state index < -0.39 is 7.92 Å². The molecule has 0 amide bonds. The summed E-state index contributed by atoms with van der Waals surface area (Å²) in [4.78, 5) is 13.5. The Kier molecular flexibility index (Phi) is 6.07. The molecule has 1 fully saturated rings. The summed E-state index contributed by atoms with van der Waals surface area (Å²) < 4.78 is 0. The molecule has 4 aromatic carbocycles. The van der Waals surface area contributed by atoms with Gasteiger partial charge in [-0.3, -0.25) is 4.79 Å². The Morgan fingerprint density at radius 1 is 0.727 bits per heavy atom. The third-order valence-electron chi connectivity index (χ3n) is 6.61. The molecule has 0 aromatic heterocycles. The molecule has 1 nitrogen and oxygen atoms in total.